The molecule has 29 heavy (non-hydrogen) atoms. The Morgan fingerprint density at radius 2 is 1.93 bits per heavy atom. The number of hydrogen-bond acceptors (Lipinski definition) is 5. The van der Waals surface area contributed by atoms with Crippen LogP contribution in [0.15, 0.2) is 45.8 Å². The zero-order valence-corrected chi connectivity index (χ0v) is 17.0. The standard InChI is InChI=1S/C21H29N5O3/c1-23-21(24-13-17-9-10-19(29-17)20(22)27)25-14-18(26-11-3-4-12-26)15-5-7-16(28-2)8-6-15/h5-10,18H,3-4,11-14H2,1-2H3,(H2,22,27)(H2,23,24,25). The minimum atomic E-state index is -0.577. The molecule has 1 saturated heterocycles. The van der Waals surface area contributed by atoms with Crippen molar-refractivity contribution in [3.05, 3.63) is 53.5 Å². The van der Waals surface area contributed by atoms with Crippen LogP contribution in [0, 0.1) is 0 Å². The minimum absolute atomic E-state index is 0.151. The number of rotatable bonds is 8. The molecule has 1 atom stereocenters. The summed E-state index contributed by atoms with van der Waals surface area (Å²) in [6.07, 6.45) is 2.45. The molecule has 1 amide bonds. The fraction of sp³-hybridized carbons (Fsp3) is 0.429. The molecule has 0 bridgehead atoms. The third-order valence-electron chi connectivity index (χ3n) is 5.10. The summed E-state index contributed by atoms with van der Waals surface area (Å²) in [6, 6.07) is 11.8. The number of nitrogens with zero attached hydrogens (tertiary/aromatic N) is 2. The lowest BCUT2D eigenvalue weighted by molar-refractivity contribution is 0.0972. The third-order valence-corrected chi connectivity index (χ3v) is 5.10. The summed E-state index contributed by atoms with van der Waals surface area (Å²) in [5, 5.41) is 6.61. The molecular weight excluding hydrogens is 370 g/mol. The van der Waals surface area contributed by atoms with Gasteiger partial charge in [0, 0.05) is 13.6 Å². The fourth-order valence-electron chi connectivity index (χ4n) is 3.53. The molecule has 0 radical (unpaired) electrons. The number of primary amides is 1. The highest BCUT2D eigenvalue weighted by Gasteiger charge is 2.23. The van der Waals surface area contributed by atoms with E-state index in [4.69, 9.17) is 14.9 Å². The van der Waals surface area contributed by atoms with E-state index in [0.717, 1.165) is 25.4 Å². The van der Waals surface area contributed by atoms with Crippen LogP contribution in [0.5, 0.6) is 5.75 Å². The number of hydrogen-bond donors (Lipinski definition) is 3. The Kier molecular flexibility index (Phi) is 7.13. The Labute approximate surface area is 171 Å². The quantitative estimate of drug-likeness (QED) is 0.462. The molecule has 4 N–H and O–H groups in total. The van der Waals surface area contributed by atoms with Gasteiger partial charge in [-0.05, 0) is 55.8 Å². The first kappa shape index (κ1) is 20.7. The maximum absolute atomic E-state index is 11.1. The van der Waals surface area contributed by atoms with Gasteiger partial charge in [-0.15, -0.1) is 0 Å². The lowest BCUT2D eigenvalue weighted by Gasteiger charge is -2.29. The van der Waals surface area contributed by atoms with Crippen LogP contribution in [0.4, 0.5) is 0 Å². The molecule has 8 nitrogen and oxygen atoms in total. The number of nitrogens with two attached hydrogens (primary N) is 1. The van der Waals surface area contributed by atoms with Gasteiger partial charge in [0.15, 0.2) is 11.7 Å². The van der Waals surface area contributed by atoms with Crippen molar-refractivity contribution < 1.29 is 13.9 Å². The summed E-state index contributed by atoms with van der Waals surface area (Å²) in [7, 11) is 3.40. The van der Waals surface area contributed by atoms with Crippen LogP contribution in [-0.4, -0.2) is 50.6 Å². The average molecular weight is 399 g/mol. The predicted octanol–water partition coefficient (Wildman–Crippen LogP) is 1.89. The summed E-state index contributed by atoms with van der Waals surface area (Å²) >= 11 is 0. The van der Waals surface area contributed by atoms with E-state index in [0.29, 0.717) is 18.3 Å². The largest absolute Gasteiger partial charge is 0.497 e. The van der Waals surface area contributed by atoms with Crippen LogP contribution in [0.3, 0.4) is 0 Å². The van der Waals surface area contributed by atoms with Gasteiger partial charge in [-0.3, -0.25) is 14.7 Å². The number of nitrogens with one attached hydrogen (secondary N) is 2. The molecule has 0 aliphatic carbocycles. The maximum Gasteiger partial charge on any atom is 0.284 e. The van der Waals surface area contributed by atoms with Gasteiger partial charge >= 0.3 is 0 Å². The van der Waals surface area contributed by atoms with Gasteiger partial charge in [0.2, 0.25) is 0 Å². The van der Waals surface area contributed by atoms with Crippen molar-refractivity contribution in [2.24, 2.45) is 10.7 Å². The highest BCUT2D eigenvalue weighted by molar-refractivity contribution is 5.89. The Balaban J connectivity index is 1.60. The number of ether oxygens (including phenoxy) is 1. The second-order valence-electron chi connectivity index (χ2n) is 6.97. The average Bonchev–Trinajstić information content (AvgIpc) is 3.43. The van der Waals surface area contributed by atoms with E-state index in [1.54, 1.807) is 26.3 Å². The first-order chi connectivity index (χ1) is 14.1. The second kappa shape index (κ2) is 9.97. The van der Waals surface area contributed by atoms with Crippen molar-refractivity contribution in [1.82, 2.24) is 15.5 Å². The first-order valence-corrected chi connectivity index (χ1v) is 9.81. The Bertz CT molecular complexity index is 825. The number of carbonyl (C=O) groups excluding carboxylic acids is 1. The first-order valence-electron chi connectivity index (χ1n) is 9.81. The number of furan rings is 1. The van der Waals surface area contributed by atoms with Crippen molar-refractivity contribution in [1.29, 1.82) is 0 Å². The Morgan fingerprint density at radius 3 is 2.52 bits per heavy atom. The van der Waals surface area contributed by atoms with E-state index in [9.17, 15) is 4.79 Å². The normalized spacial score (nSPS) is 15.9. The minimum Gasteiger partial charge on any atom is -0.497 e. The summed E-state index contributed by atoms with van der Waals surface area (Å²) in [6.45, 7) is 3.31. The molecule has 2 heterocycles. The number of guanidine groups is 1. The fourth-order valence-corrected chi connectivity index (χ4v) is 3.53. The molecule has 1 unspecified atom stereocenters. The molecule has 0 spiro atoms. The van der Waals surface area contributed by atoms with Crippen LogP contribution in [0.1, 0.15) is 40.8 Å². The lowest BCUT2D eigenvalue weighted by Crippen LogP contribution is -2.42. The van der Waals surface area contributed by atoms with Crippen molar-refractivity contribution >= 4 is 11.9 Å². The predicted molar refractivity (Wildman–Crippen MR) is 112 cm³/mol. The number of carbonyl (C=O) groups is 1. The molecular formula is C21H29N5O3. The van der Waals surface area contributed by atoms with E-state index < -0.39 is 5.91 Å². The molecule has 156 valence electrons. The SMILES string of the molecule is CN=C(NCc1ccc(C(N)=O)o1)NCC(c1ccc(OC)cc1)N1CCCC1. The molecule has 2 aromatic rings. The molecule has 1 aromatic heterocycles. The van der Waals surface area contributed by atoms with E-state index in [1.807, 2.05) is 12.1 Å². The van der Waals surface area contributed by atoms with Crippen molar-refractivity contribution in [3.63, 3.8) is 0 Å². The van der Waals surface area contributed by atoms with Gasteiger partial charge in [0.05, 0.1) is 19.7 Å². The summed E-state index contributed by atoms with van der Waals surface area (Å²) in [5.74, 6) is 1.71. The molecule has 0 saturated carbocycles. The molecule has 1 aliphatic rings. The Morgan fingerprint density at radius 1 is 1.21 bits per heavy atom. The summed E-state index contributed by atoms with van der Waals surface area (Å²) in [5.41, 5.74) is 6.47. The van der Waals surface area contributed by atoms with Gasteiger partial charge in [-0.25, -0.2) is 0 Å². The van der Waals surface area contributed by atoms with Gasteiger partial charge in [-0.2, -0.15) is 0 Å². The van der Waals surface area contributed by atoms with E-state index in [-0.39, 0.29) is 11.8 Å². The topological polar surface area (TPSA) is 105 Å². The van der Waals surface area contributed by atoms with E-state index in [2.05, 4.69) is 32.7 Å². The number of aliphatic imine (C=N–C) groups is 1. The molecule has 3 rings (SSSR count). The molecule has 8 heteroatoms. The van der Waals surface area contributed by atoms with Gasteiger partial charge in [0.1, 0.15) is 11.5 Å². The Hall–Kier alpha value is -3.00. The molecule has 1 aromatic carbocycles. The highest BCUT2D eigenvalue weighted by atomic mass is 16.5. The third kappa shape index (κ3) is 5.51. The zero-order chi connectivity index (χ0) is 20.6. The van der Waals surface area contributed by atoms with Crippen LogP contribution in [-0.2, 0) is 6.54 Å². The monoisotopic (exact) mass is 399 g/mol. The van der Waals surface area contributed by atoms with Gasteiger partial charge < -0.3 is 25.5 Å². The number of methoxy groups -OCH3 is 1. The lowest BCUT2D eigenvalue weighted by atomic mass is 10.1. The number of benzene rings is 1. The van der Waals surface area contributed by atoms with Gasteiger partial charge in [0.25, 0.3) is 5.91 Å². The van der Waals surface area contributed by atoms with Crippen molar-refractivity contribution in [3.8, 4) is 5.75 Å². The maximum atomic E-state index is 11.1. The van der Waals surface area contributed by atoms with E-state index in [1.165, 1.54) is 18.4 Å². The van der Waals surface area contributed by atoms with Crippen LogP contribution < -0.4 is 21.1 Å². The van der Waals surface area contributed by atoms with Crippen molar-refractivity contribution in [2.45, 2.75) is 25.4 Å². The highest BCUT2D eigenvalue weighted by Crippen LogP contribution is 2.26. The van der Waals surface area contributed by atoms with E-state index >= 15 is 0 Å². The molecule has 1 fully saturated rings. The number of likely N-dealkylation sites (tertiary alicyclic amines) is 1. The van der Waals surface area contributed by atoms with Crippen molar-refractivity contribution in [2.75, 3.05) is 33.8 Å². The van der Waals surface area contributed by atoms with Gasteiger partial charge in [-0.1, -0.05) is 12.1 Å². The number of amides is 1. The summed E-state index contributed by atoms with van der Waals surface area (Å²) < 4.78 is 10.7. The van der Waals surface area contributed by atoms with Crippen LogP contribution in [0.25, 0.3) is 0 Å². The second-order valence-corrected chi connectivity index (χ2v) is 6.97. The smallest absolute Gasteiger partial charge is 0.284 e. The van der Waals surface area contributed by atoms with Crippen LogP contribution >= 0.6 is 0 Å². The molecule has 1 aliphatic heterocycles. The summed E-state index contributed by atoms with van der Waals surface area (Å²) in [4.78, 5) is 17.9. The zero-order valence-electron chi connectivity index (χ0n) is 17.0. The van der Waals surface area contributed by atoms with Crippen LogP contribution in [0.2, 0.25) is 0 Å².